The van der Waals surface area contributed by atoms with Crippen molar-refractivity contribution in [3.63, 3.8) is 0 Å². The summed E-state index contributed by atoms with van der Waals surface area (Å²) in [6, 6.07) is 0. The van der Waals surface area contributed by atoms with Gasteiger partial charge in [-0.1, -0.05) is 12.2 Å². The largest absolute Gasteiger partial charge is 1.00 e. The molecular formula is C6H12ClNaO4S. The van der Waals surface area contributed by atoms with Crippen LogP contribution in [0.5, 0.6) is 0 Å². The molecule has 0 spiro atoms. The Hall–Kier alpha value is 0.900. The van der Waals surface area contributed by atoms with Crippen LogP contribution in [-0.4, -0.2) is 35.8 Å². The predicted molar refractivity (Wildman–Crippen MR) is 48.7 cm³/mol. The van der Waals surface area contributed by atoms with Gasteiger partial charge in [0.2, 0.25) is 0 Å². The smallest absolute Gasteiger partial charge is 0.424 e. The van der Waals surface area contributed by atoms with Crippen LogP contribution in [0.15, 0.2) is 12.7 Å². The SMILES string of the molecule is C=CCS(=O)(=O)O.[CH2-]C(O)CCl.[Na+]. The van der Waals surface area contributed by atoms with Crippen molar-refractivity contribution in [2.24, 2.45) is 0 Å². The first-order valence-corrected chi connectivity index (χ1v) is 5.11. The summed E-state index contributed by atoms with van der Waals surface area (Å²) < 4.78 is 27.3. The average molecular weight is 239 g/mol. The van der Waals surface area contributed by atoms with Crippen molar-refractivity contribution < 1.29 is 47.6 Å². The molecule has 1 atom stereocenters. The zero-order valence-corrected chi connectivity index (χ0v) is 11.1. The first-order chi connectivity index (χ1) is 5.33. The van der Waals surface area contributed by atoms with Gasteiger partial charge < -0.3 is 12.0 Å². The van der Waals surface area contributed by atoms with E-state index >= 15 is 0 Å². The van der Waals surface area contributed by atoms with E-state index < -0.39 is 16.2 Å². The summed E-state index contributed by atoms with van der Waals surface area (Å²) in [5.41, 5.74) is 0. The van der Waals surface area contributed by atoms with Crippen molar-refractivity contribution in [1.82, 2.24) is 0 Å². The van der Waals surface area contributed by atoms with Crippen LogP contribution in [0.2, 0.25) is 0 Å². The Labute approximate surface area is 106 Å². The van der Waals surface area contributed by atoms with Gasteiger partial charge in [0.25, 0.3) is 10.1 Å². The fraction of sp³-hybridized carbons (Fsp3) is 0.500. The van der Waals surface area contributed by atoms with Crippen molar-refractivity contribution in [2.75, 3.05) is 11.6 Å². The van der Waals surface area contributed by atoms with Crippen molar-refractivity contribution >= 4 is 21.7 Å². The van der Waals surface area contributed by atoms with E-state index in [1.54, 1.807) is 0 Å². The van der Waals surface area contributed by atoms with Gasteiger partial charge in [-0.15, -0.1) is 18.2 Å². The fourth-order valence-electron chi connectivity index (χ4n) is 0.149. The van der Waals surface area contributed by atoms with E-state index in [0.29, 0.717) is 0 Å². The fourth-order valence-corrected chi connectivity index (χ4v) is 0.447. The molecule has 0 fully saturated rings. The molecule has 1 unspecified atom stereocenters. The average Bonchev–Trinajstić information content (AvgIpc) is 1.86. The Morgan fingerprint density at radius 3 is 1.92 bits per heavy atom. The third-order valence-electron chi connectivity index (χ3n) is 0.507. The number of aliphatic hydroxyl groups is 1. The van der Waals surface area contributed by atoms with Gasteiger partial charge in [0.05, 0.1) is 5.75 Å². The molecule has 0 aromatic carbocycles. The van der Waals surface area contributed by atoms with E-state index in [0.717, 1.165) is 6.08 Å². The molecule has 13 heavy (non-hydrogen) atoms. The van der Waals surface area contributed by atoms with Gasteiger partial charge in [0, 0.05) is 5.88 Å². The first-order valence-electron chi connectivity index (χ1n) is 2.96. The Morgan fingerprint density at radius 2 is 1.92 bits per heavy atom. The van der Waals surface area contributed by atoms with E-state index in [4.69, 9.17) is 21.3 Å². The zero-order valence-electron chi connectivity index (χ0n) is 7.48. The standard InChI is InChI=1S/C3H6ClO.C3H6O3S.Na/c1-3(5)2-4;1-2-3-7(4,5)6;/h3,5H,1-2H2;2H,1,3H2,(H,4,5,6);/q-1;;+1. The predicted octanol–water partition coefficient (Wildman–Crippen LogP) is -2.52. The monoisotopic (exact) mass is 238 g/mol. The number of rotatable bonds is 3. The Bertz CT molecular complexity index is 203. The van der Waals surface area contributed by atoms with Gasteiger partial charge in [-0.3, -0.25) is 4.55 Å². The quantitative estimate of drug-likeness (QED) is 0.187. The van der Waals surface area contributed by atoms with Crippen molar-refractivity contribution in [3.8, 4) is 0 Å². The van der Waals surface area contributed by atoms with Gasteiger partial charge in [-0.25, -0.2) is 0 Å². The second-order valence-corrected chi connectivity index (χ2v) is 3.65. The summed E-state index contributed by atoms with van der Waals surface area (Å²) in [7, 11) is -3.79. The number of hydrogen-bond donors (Lipinski definition) is 2. The van der Waals surface area contributed by atoms with Crippen LogP contribution in [0.25, 0.3) is 0 Å². The van der Waals surface area contributed by atoms with Crippen molar-refractivity contribution in [1.29, 1.82) is 0 Å². The van der Waals surface area contributed by atoms with Crippen LogP contribution >= 0.6 is 11.6 Å². The Morgan fingerprint density at radius 1 is 1.62 bits per heavy atom. The number of hydrogen-bond acceptors (Lipinski definition) is 3. The molecule has 0 aromatic rings. The van der Waals surface area contributed by atoms with Crippen LogP contribution in [0, 0.1) is 6.92 Å². The summed E-state index contributed by atoms with van der Waals surface area (Å²) in [4.78, 5) is 0. The third-order valence-corrected chi connectivity index (χ3v) is 1.52. The van der Waals surface area contributed by atoms with Crippen LogP contribution in [-0.2, 0) is 10.1 Å². The molecule has 0 amide bonds. The normalized spacial score (nSPS) is 11.7. The molecule has 0 aromatic heterocycles. The van der Waals surface area contributed by atoms with Crippen LogP contribution in [0.4, 0.5) is 0 Å². The third kappa shape index (κ3) is 32.2. The van der Waals surface area contributed by atoms with E-state index in [-0.39, 0.29) is 41.2 Å². The molecule has 0 heterocycles. The van der Waals surface area contributed by atoms with Gasteiger partial charge in [0.15, 0.2) is 0 Å². The summed E-state index contributed by atoms with van der Waals surface area (Å²) >= 11 is 5.02. The minimum absolute atomic E-state index is 0. The molecule has 74 valence electrons. The molecule has 0 aliphatic carbocycles. The zero-order chi connectivity index (χ0) is 10.2. The maximum Gasteiger partial charge on any atom is 1.00 e. The molecule has 0 bridgehead atoms. The van der Waals surface area contributed by atoms with Gasteiger partial charge >= 0.3 is 29.6 Å². The molecule has 0 aliphatic rings. The molecule has 0 saturated heterocycles. The summed E-state index contributed by atoms with van der Waals surface area (Å²) in [5.74, 6) is -0.146. The molecule has 4 nitrogen and oxygen atoms in total. The summed E-state index contributed by atoms with van der Waals surface area (Å²) in [5, 5.41) is 8.12. The van der Waals surface area contributed by atoms with E-state index in [1.807, 2.05) is 0 Å². The van der Waals surface area contributed by atoms with Gasteiger partial charge in [0.1, 0.15) is 0 Å². The summed E-state index contributed by atoms with van der Waals surface area (Å²) in [6.45, 7) is 6.29. The molecule has 0 saturated carbocycles. The molecule has 0 rings (SSSR count). The first kappa shape index (κ1) is 19.5. The van der Waals surface area contributed by atoms with E-state index in [1.165, 1.54) is 0 Å². The molecule has 2 N–H and O–H groups in total. The minimum atomic E-state index is -3.79. The molecule has 7 heteroatoms. The Kier molecular flexibility index (Phi) is 16.4. The molecule has 0 radical (unpaired) electrons. The second-order valence-electron chi connectivity index (χ2n) is 1.85. The number of halogens is 1. The minimum Gasteiger partial charge on any atom is -0.424 e. The van der Waals surface area contributed by atoms with E-state index in [9.17, 15) is 8.42 Å². The number of alkyl halides is 1. The van der Waals surface area contributed by atoms with Crippen molar-refractivity contribution in [3.05, 3.63) is 19.6 Å². The van der Waals surface area contributed by atoms with Crippen molar-refractivity contribution in [2.45, 2.75) is 6.10 Å². The van der Waals surface area contributed by atoms with E-state index in [2.05, 4.69) is 13.5 Å². The van der Waals surface area contributed by atoms with Crippen LogP contribution < -0.4 is 29.6 Å². The second kappa shape index (κ2) is 11.0. The summed E-state index contributed by atoms with van der Waals surface area (Å²) in [6.07, 6.45) is 0.520. The van der Waals surface area contributed by atoms with Crippen LogP contribution in [0.1, 0.15) is 0 Å². The molecule has 0 aliphatic heterocycles. The van der Waals surface area contributed by atoms with Gasteiger partial charge in [-0.05, 0) is 0 Å². The van der Waals surface area contributed by atoms with Crippen LogP contribution in [0.3, 0.4) is 0 Å². The van der Waals surface area contributed by atoms with Gasteiger partial charge in [-0.2, -0.15) is 8.42 Å². The Balaban J connectivity index is -0.000000150. The topological polar surface area (TPSA) is 74.6 Å². The maximum absolute atomic E-state index is 9.72. The maximum atomic E-state index is 9.72. The molecular weight excluding hydrogens is 227 g/mol. The number of aliphatic hydroxyl groups excluding tert-OH is 1.